The Morgan fingerprint density at radius 2 is 1.85 bits per heavy atom. The van der Waals surface area contributed by atoms with E-state index in [9.17, 15) is 4.79 Å². The standard InChI is InChI=1S/C22H21BrN2O/c1-17-5-4-6-18(15-17)8-13-22(26)25(16-20-7-2-3-14-24-20)21-11-9-19(23)10-12-21/h2-7,9-12,14-15H,8,13,16H2,1H3. The molecule has 132 valence electrons. The molecule has 0 fully saturated rings. The number of nitrogens with zero attached hydrogens (tertiary/aromatic N) is 2. The summed E-state index contributed by atoms with van der Waals surface area (Å²) in [6, 6.07) is 21.9. The Kier molecular flexibility index (Phi) is 6.18. The second-order valence-electron chi connectivity index (χ2n) is 6.27. The molecule has 0 bridgehead atoms. The molecule has 1 heterocycles. The van der Waals surface area contributed by atoms with Crippen LogP contribution in [0.25, 0.3) is 0 Å². The highest BCUT2D eigenvalue weighted by Gasteiger charge is 2.17. The summed E-state index contributed by atoms with van der Waals surface area (Å²) in [6.07, 6.45) is 2.95. The highest BCUT2D eigenvalue weighted by molar-refractivity contribution is 9.10. The fourth-order valence-electron chi connectivity index (χ4n) is 2.85. The van der Waals surface area contributed by atoms with Crippen LogP contribution < -0.4 is 4.90 Å². The number of hydrogen-bond acceptors (Lipinski definition) is 2. The third kappa shape index (κ3) is 5.02. The zero-order valence-corrected chi connectivity index (χ0v) is 16.3. The summed E-state index contributed by atoms with van der Waals surface area (Å²) in [5.74, 6) is 0.0967. The van der Waals surface area contributed by atoms with Gasteiger partial charge in [-0.25, -0.2) is 0 Å². The molecule has 2 aromatic carbocycles. The van der Waals surface area contributed by atoms with Crippen molar-refractivity contribution in [3.8, 4) is 0 Å². The number of pyridine rings is 1. The molecule has 0 unspecified atom stereocenters. The molecule has 3 rings (SSSR count). The Hall–Kier alpha value is -2.46. The summed E-state index contributed by atoms with van der Waals surface area (Å²) in [5.41, 5.74) is 4.16. The fraction of sp³-hybridized carbons (Fsp3) is 0.182. The number of amides is 1. The summed E-state index contributed by atoms with van der Waals surface area (Å²) in [4.78, 5) is 19.2. The molecule has 3 aromatic rings. The van der Waals surface area contributed by atoms with E-state index in [4.69, 9.17) is 0 Å². The van der Waals surface area contributed by atoms with E-state index in [0.717, 1.165) is 22.3 Å². The van der Waals surface area contributed by atoms with Crippen LogP contribution in [-0.2, 0) is 17.8 Å². The second kappa shape index (κ2) is 8.77. The van der Waals surface area contributed by atoms with Gasteiger partial charge >= 0.3 is 0 Å². The number of anilines is 1. The van der Waals surface area contributed by atoms with Crippen LogP contribution >= 0.6 is 15.9 Å². The summed E-state index contributed by atoms with van der Waals surface area (Å²) < 4.78 is 0.992. The molecule has 4 heteroatoms. The lowest BCUT2D eigenvalue weighted by atomic mass is 10.1. The van der Waals surface area contributed by atoms with Gasteiger partial charge in [0.25, 0.3) is 0 Å². The van der Waals surface area contributed by atoms with Gasteiger partial charge in [-0.3, -0.25) is 9.78 Å². The van der Waals surface area contributed by atoms with Gasteiger partial charge in [0.1, 0.15) is 0 Å². The van der Waals surface area contributed by atoms with Gasteiger partial charge in [0, 0.05) is 22.8 Å². The number of benzene rings is 2. The number of halogens is 1. The zero-order valence-electron chi connectivity index (χ0n) is 14.7. The normalized spacial score (nSPS) is 10.5. The Morgan fingerprint density at radius 1 is 1.04 bits per heavy atom. The van der Waals surface area contributed by atoms with Gasteiger partial charge in [-0.2, -0.15) is 0 Å². The highest BCUT2D eigenvalue weighted by Crippen LogP contribution is 2.21. The number of rotatable bonds is 6. The first kappa shape index (κ1) is 18.3. The minimum atomic E-state index is 0.0967. The molecule has 26 heavy (non-hydrogen) atoms. The third-order valence-electron chi connectivity index (χ3n) is 4.20. The number of aromatic nitrogens is 1. The Balaban J connectivity index is 1.77. The van der Waals surface area contributed by atoms with Crippen molar-refractivity contribution in [2.45, 2.75) is 26.3 Å². The average molecular weight is 409 g/mol. The van der Waals surface area contributed by atoms with Crippen molar-refractivity contribution in [3.63, 3.8) is 0 Å². The molecule has 1 aromatic heterocycles. The van der Waals surface area contributed by atoms with Crippen molar-refractivity contribution >= 4 is 27.5 Å². The Morgan fingerprint density at radius 3 is 2.54 bits per heavy atom. The van der Waals surface area contributed by atoms with E-state index in [0.29, 0.717) is 13.0 Å². The largest absolute Gasteiger partial charge is 0.306 e. The van der Waals surface area contributed by atoms with Gasteiger partial charge in [0.15, 0.2) is 0 Å². The molecular weight excluding hydrogens is 388 g/mol. The van der Waals surface area contributed by atoms with Crippen molar-refractivity contribution in [2.75, 3.05) is 4.90 Å². The SMILES string of the molecule is Cc1cccc(CCC(=O)N(Cc2ccccn2)c2ccc(Br)cc2)c1. The summed E-state index contributed by atoms with van der Waals surface area (Å²) in [6.45, 7) is 2.54. The van der Waals surface area contributed by atoms with Crippen LogP contribution in [0.2, 0.25) is 0 Å². The number of aryl methyl sites for hydroxylation is 2. The number of carbonyl (C=O) groups is 1. The van der Waals surface area contributed by atoms with E-state index < -0.39 is 0 Å². The predicted octanol–water partition coefficient (Wildman–Crippen LogP) is 5.32. The van der Waals surface area contributed by atoms with Crippen molar-refractivity contribution in [1.29, 1.82) is 0 Å². The molecule has 0 aliphatic rings. The minimum Gasteiger partial charge on any atom is -0.306 e. The van der Waals surface area contributed by atoms with E-state index in [1.165, 1.54) is 11.1 Å². The van der Waals surface area contributed by atoms with Gasteiger partial charge in [0.05, 0.1) is 12.2 Å². The smallest absolute Gasteiger partial charge is 0.227 e. The fourth-order valence-corrected chi connectivity index (χ4v) is 3.12. The molecule has 3 nitrogen and oxygen atoms in total. The van der Waals surface area contributed by atoms with E-state index in [2.05, 4.69) is 46.0 Å². The Labute approximate surface area is 162 Å². The van der Waals surface area contributed by atoms with Gasteiger partial charge in [-0.1, -0.05) is 51.8 Å². The summed E-state index contributed by atoms with van der Waals surface area (Å²) >= 11 is 3.45. The molecule has 0 aliphatic carbocycles. The topological polar surface area (TPSA) is 33.2 Å². The zero-order chi connectivity index (χ0) is 18.4. The highest BCUT2D eigenvalue weighted by atomic mass is 79.9. The molecule has 0 N–H and O–H groups in total. The maximum absolute atomic E-state index is 13.0. The first-order valence-corrected chi connectivity index (χ1v) is 9.42. The minimum absolute atomic E-state index is 0.0967. The lowest BCUT2D eigenvalue weighted by Crippen LogP contribution is -2.31. The molecule has 0 saturated heterocycles. The summed E-state index contributed by atoms with van der Waals surface area (Å²) in [5, 5.41) is 0. The molecule has 0 aliphatic heterocycles. The third-order valence-corrected chi connectivity index (χ3v) is 4.72. The lowest BCUT2D eigenvalue weighted by Gasteiger charge is -2.23. The van der Waals surface area contributed by atoms with Crippen molar-refractivity contribution in [3.05, 3.63) is 94.2 Å². The van der Waals surface area contributed by atoms with Crippen molar-refractivity contribution < 1.29 is 4.79 Å². The summed E-state index contributed by atoms with van der Waals surface area (Å²) in [7, 11) is 0. The van der Waals surface area contributed by atoms with Crippen molar-refractivity contribution in [1.82, 2.24) is 4.98 Å². The molecule has 1 amide bonds. The van der Waals surface area contributed by atoms with Gasteiger partial charge < -0.3 is 4.90 Å². The predicted molar refractivity (Wildman–Crippen MR) is 109 cm³/mol. The average Bonchev–Trinajstić information content (AvgIpc) is 2.66. The van der Waals surface area contributed by atoms with Crippen LogP contribution in [0.4, 0.5) is 5.69 Å². The van der Waals surface area contributed by atoms with Crippen molar-refractivity contribution in [2.24, 2.45) is 0 Å². The van der Waals surface area contributed by atoms with Gasteiger partial charge in [-0.05, 0) is 55.3 Å². The number of carbonyl (C=O) groups excluding carboxylic acids is 1. The molecule has 0 saturated carbocycles. The van der Waals surface area contributed by atoms with Crippen LogP contribution in [0.5, 0.6) is 0 Å². The first-order valence-electron chi connectivity index (χ1n) is 8.63. The maximum Gasteiger partial charge on any atom is 0.227 e. The van der Waals surface area contributed by atoms with Crippen LogP contribution in [0, 0.1) is 6.92 Å². The van der Waals surface area contributed by atoms with Crippen LogP contribution in [-0.4, -0.2) is 10.9 Å². The van der Waals surface area contributed by atoms with Gasteiger partial charge in [-0.15, -0.1) is 0 Å². The van der Waals surface area contributed by atoms with Crippen LogP contribution in [0.1, 0.15) is 23.2 Å². The quantitative estimate of drug-likeness (QED) is 0.552. The van der Waals surface area contributed by atoms with E-state index >= 15 is 0 Å². The van der Waals surface area contributed by atoms with E-state index in [1.54, 1.807) is 6.20 Å². The lowest BCUT2D eigenvalue weighted by molar-refractivity contribution is -0.118. The van der Waals surface area contributed by atoms with Crippen LogP contribution in [0.3, 0.4) is 0 Å². The van der Waals surface area contributed by atoms with Gasteiger partial charge in [0.2, 0.25) is 5.91 Å². The molecule has 0 atom stereocenters. The van der Waals surface area contributed by atoms with Crippen LogP contribution in [0.15, 0.2) is 77.4 Å². The Bertz CT molecular complexity index is 863. The molecule has 0 radical (unpaired) electrons. The maximum atomic E-state index is 13.0. The second-order valence-corrected chi connectivity index (χ2v) is 7.18. The van der Waals surface area contributed by atoms with E-state index in [-0.39, 0.29) is 5.91 Å². The first-order chi connectivity index (χ1) is 12.6. The molecular formula is C22H21BrN2O. The number of hydrogen-bond donors (Lipinski definition) is 0. The monoisotopic (exact) mass is 408 g/mol. The van der Waals surface area contributed by atoms with E-state index in [1.807, 2.05) is 53.4 Å². The molecule has 0 spiro atoms.